The van der Waals surface area contributed by atoms with E-state index in [1.54, 1.807) is 7.05 Å². The number of aromatic nitrogens is 1. The van der Waals surface area contributed by atoms with Crippen molar-refractivity contribution in [3.8, 4) is 0 Å². The monoisotopic (exact) mass is 489 g/mol. The van der Waals surface area contributed by atoms with Gasteiger partial charge >= 0.3 is 0 Å². The molecule has 1 aromatic carbocycles. The molecular weight excluding hydrogens is 450 g/mol. The van der Waals surface area contributed by atoms with Gasteiger partial charge < -0.3 is 20.4 Å². The lowest BCUT2D eigenvalue weighted by molar-refractivity contribution is -0.139. The van der Waals surface area contributed by atoms with Gasteiger partial charge in [0.25, 0.3) is 0 Å². The number of carbonyl (C=O) groups is 2. The Bertz CT molecular complexity index is 1060. The number of hydrogen-bond acceptors (Lipinski definition) is 5. The minimum absolute atomic E-state index is 0.0222. The molecule has 3 heterocycles. The number of benzene rings is 1. The van der Waals surface area contributed by atoms with Crippen LogP contribution in [0.4, 0.5) is 5.82 Å². The van der Waals surface area contributed by atoms with Crippen molar-refractivity contribution in [2.45, 2.75) is 83.1 Å². The molecule has 1 saturated carbocycles. The second kappa shape index (κ2) is 11.0. The molecule has 5 rings (SSSR count). The van der Waals surface area contributed by atoms with Crippen molar-refractivity contribution >= 4 is 17.6 Å². The van der Waals surface area contributed by atoms with Crippen LogP contribution in [0.3, 0.4) is 0 Å². The molecule has 3 atom stereocenters. The molecule has 0 bridgehead atoms. The topological polar surface area (TPSA) is 77.6 Å². The largest absolute Gasteiger partial charge is 0.348 e. The Balaban J connectivity index is 1.35. The smallest absolute Gasteiger partial charge is 0.245 e. The van der Waals surface area contributed by atoms with Crippen LogP contribution in [0.25, 0.3) is 0 Å². The summed E-state index contributed by atoms with van der Waals surface area (Å²) in [4.78, 5) is 35.9. The molecule has 2 aliphatic heterocycles. The first-order valence-electron chi connectivity index (χ1n) is 13.6. The highest BCUT2D eigenvalue weighted by Gasteiger charge is 2.39. The van der Waals surface area contributed by atoms with Gasteiger partial charge in [0.2, 0.25) is 11.8 Å². The summed E-state index contributed by atoms with van der Waals surface area (Å²) in [5.74, 6) is 1.14. The van der Waals surface area contributed by atoms with Crippen LogP contribution in [0.5, 0.6) is 0 Å². The number of carbonyl (C=O) groups excluding carboxylic acids is 2. The van der Waals surface area contributed by atoms with Crippen LogP contribution in [0.2, 0.25) is 0 Å². The third kappa shape index (κ3) is 5.12. The lowest BCUT2D eigenvalue weighted by Crippen LogP contribution is -2.55. The normalized spacial score (nSPS) is 21.8. The summed E-state index contributed by atoms with van der Waals surface area (Å²) in [6, 6.07) is 12.0. The number of anilines is 1. The summed E-state index contributed by atoms with van der Waals surface area (Å²) in [6.07, 6.45) is 9.25. The van der Waals surface area contributed by atoms with Gasteiger partial charge in [-0.1, -0.05) is 43.5 Å². The fraction of sp³-hybridized carbons (Fsp3) is 0.552. The molecule has 0 spiro atoms. The van der Waals surface area contributed by atoms with Crippen LogP contribution in [0, 0.1) is 5.92 Å². The van der Waals surface area contributed by atoms with E-state index in [2.05, 4.69) is 56.9 Å². The molecule has 7 nitrogen and oxygen atoms in total. The van der Waals surface area contributed by atoms with Gasteiger partial charge in [0.1, 0.15) is 11.9 Å². The number of fused-ring (bicyclic) bond motifs is 1. The molecule has 2 aromatic rings. The zero-order valence-corrected chi connectivity index (χ0v) is 21.6. The van der Waals surface area contributed by atoms with Crippen molar-refractivity contribution in [3.05, 3.63) is 59.3 Å². The Morgan fingerprint density at radius 1 is 1.00 bits per heavy atom. The zero-order chi connectivity index (χ0) is 25.1. The molecule has 1 aromatic heterocycles. The Kier molecular flexibility index (Phi) is 7.56. The van der Waals surface area contributed by atoms with Crippen molar-refractivity contribution in [2.75, 3.05) is 18.5 Å². The number of amides is 2. The Labute approximate surface area is 214 Å². The van der Waals surface area contributed by atoms with E-state index in [4.69, 9.17) is 0 Å². The van der Waals surface area contributed by atoms with Crippen LogP contribution in [0.15, 0.2) is 42.6 Å². The molecule has 2 N–H and O–H groups in total. The van der Waals surface area contributed by atoms with E-state index in [0.717, 1.165) is 69.5 Å². The molecule has 192 valence electrons. The summed E-state index contributed by atoms with van der Waals surface area (Å²) in [7, 11) is 1.78. The first kappa shape index (κ1) is 24.8. The van der Waals surface area contributed by atoms with Crippen LogP contribution in [-0.4, -0.2) is 47.4 Å². The maximum Gasteiger partial charge on any atom is 0.245 e. The van der Waals surface area contributed by atoms with Crippen LogP contribution in [-0.2, 0) is 22.7 Å². The first-order chi connectivity index (χ1) is 17.5. The van der Waals surface area contributed by atoms with Crippen molar-refractivity contribution in [2.24, 2.45) is 5.92 Å². The quantitative estimate of drug-likeness (QED) is 0.616. The molecule has 36 heavy (non-hydrogen) atoms. The van der Waals surface area contributed by atoms with Gasteiger partial charge in [0.05, 0.1) is 12.1 Å². The average Bonchev–Trinajstić information content (AvgIpc) is 3.59. The molecule has 0 radical (unpaired) electrons. The van der Waals surface area contributed by atoms with Crippen LogP contribution < -0.4 is 15.5 Å². The lowest BCUT2D eigenvalue weighted by atomic mass is 9.83. The summed E-state index contributed by atoms with van der Waals surface area (Å²) < 4.78 is 0. The minimum atomic E-state index is -0.455. The molecule has 3 aliphatic rings. The molecule has 2 amide bonds. The highest BCUT2D eigenvalue weighted by molar-refractivity contribution is 5.90. The van der Waals surface area contributed by atoms with E-state index < -0.39 is 6.04 Å². The molecular formula is C29H39N5O2. The second-order valence-electron chi connectivity index (χ2n) is 10.7. The molecule has 1 saturated heterocycles. The molecule has 2 fully saturated rings. The van der Waals surface area contributed by atoms with Gasteiger partial charge in [0, 0.05) is 25.8 Å². The number of rotatable bonds is 7. The number of likely N-dealkylation sites (tertiary alicyclic amines) is 1. The van der Waals surface area contributed by atoms with Gasteiger partial charge in [-0.2, -0.15) is 0 Å². The Hall–Kier alpha value is -2.93. The fourth-order valence-corrected chi connectivity index (χ4v) is 6.12. The minimum Gasteiger partial charge on any atom is -0.348 e. The highest BCUT2D eigenvalue weighted by Crippen LogP contribution is 2.36. The fourth-order valence-electron chi connectivity index (χ4n) is 6.12. The summed E-state index contributed by atoms with van der Waals surface area (Å²) in [5.41, 5.74) is 3.84. The zero-order valence-electron chi connectivity index (χ0n) is 21.6. The molecule has 1 aliphatic carbocycles. The maximum atomic E-state index is 14.0. The van der Waals surface area contributed by atoms with E-state index in [1.807, 2.05) is 18.0 Å². The Morgan fingerprint density at radius 3 is 2.42 bits per heavy atom. The number of nitrogens with one attached hydrogen (secondary N) is 2. The first-order valence-corrected chi connectivity index (χ1v) is 13.6. The summed E-state index contributed by atoms with van der Waals surface area (Å²) in [5, 5.41) is 6.15. The average molecular weight is 490 g/mol. The predicted octanol–water partition coefficient (Wildman–Crippen LogP) is 3.94. The van der Waals surface area contributed by atoms with Gasteiger partial charge in [-0.15, -0.1) is 0 Å². The molecule has 3 unspecified atom stereocenters. The van der Waals surface area contributed by atoms with Gasteiger partial charge in [-0.05, 0) is 74.4 Å². The second-order valence-corrected chi connectivity index (χ2v) is 10.7. The Morgan fingerprint density at radius 2 is 1.72 bits per heavy atom. The van der Waals surface area contributed by atoms with Gasteiger partial charge in [-0.25, -0.2) is 4.98 Å². The van der Waals surface area contributed by atoms with Crippen molar-refractivity contribution in [3.63, 3.8) is 0 Å². The van der Waals surface area contributed by atoms with Crippen molar-refractivity contribution in [1.82, 2.24) is 20.5 Å². The van der Waals surface area contributed by atoms with Crippen LogP contribution in [0.1, 0.15) is 74.6 Å². The van der Waals surface area contributed by atoms with Gasteiger partial charge in [-0.3, -0.25) is 9.59 Å². The highest BCUT2D eigenvalue weighted by atomic mass is 16.2. The predicted molar refractivity (Wildman–Crippen MR) is 141 cm³/mol. The third-order valence-electron chi connectivity index (χ3n) is 8.37. The maximum absolute atomic E-state index is 14.0. The van der Waals surface area contributed by atoms with E-state index >= 15 is 0 Å². The lowest BCUT2D eigenvalue weighted by Gasteiger charge is -2.35. The number of likely N-dealkylation sites (N-methyl/N-ethyl adjacent to an activating group) is 1. The number of nitrogens with zero attached hydrogens (tertiary/aromatic N) is 3. The number of pyridine rings is 1. The van der Waals surface area contributed by atoms with E-state index in [9.17, 15) is 9.59 Å². The number of hydrogen-bond donors (Lipinski definition) is 2. The SMILES string of the molecule is CNC(C)C(=O)NC(C(=O)N1CCCC1c1ccnc(N2Cc3ccccc3C2)c1)C1CCCCC1. The van der Waals surface area contributed by atoms with Crippen molar-refractivity contribution in [1.29, 1.82) is 0 Å². The third-order valence-corrected chi connectivity index (χ3v) is 8.37. The van der Waals surface area contributed by atoms with E-state index in [0.29, 0.717) is 0 Å². The van der Waals surface area contributed by atoms with Gasteiger partial charge in [0.15, 0.2) is 0 Å². The van der Waals surface area contributed by atoms with Crippen LogP contribution >= 0.6 is 0 Å². The standard InChI is InChI=1S/C29H39N5O2/c1-20(30-2)28(35)32-27(21-9-4-3-5-10-21)29(36)34-16-8-13-25(34)22-14-15-31-26(17-22)33-18-23-11-6-7-12-24(23)19-33/h6-7,11-12,14-15,17,20-21,25,27,30H,3-5,8-10,13,16,18-19H2,1-2H3,(H,32,35). The van der Waals surface area contributed by atoms with E-state index in [1.165, 1.54) is 17.5 Å². The summed E-state index contributed by atoms with van der Waals surface area (Å²) in [6.45, 7) is 4.29. The van der Waals surface area contributed by atoms with Crippen molar-refractivity contribution < 1.29 is 9.59 Å². The molecule has 7 heteroatoms. The summed E-state index contributed by atoms with van der Waals surface area (Å²) >= 11 is 0. The van der Waals surface area contributed by atoms with E-state index in [-0.39, 0.29) is 29.8 Å².